The summed E-state index contributed by atoms with van der Waals surface area (Å²) in [5.41, 5.74) is 6.94. The van der Waals surface area contributed by atoms with Crippen LogP contribution in [-0.4, -0.2) is 13.0 Å². The number of ether oxygens (including phenoxy) is 1. The molecule has 0 radical (unpaired) electrons. The minimum absolute atomic E-state index is 0.454. The van der Waals surface area contributed by atoms with E-state index in [1.807, 2.05) is 25.1 Å². The Kier molecular flexibility index (Phi) is 3.29. The lowest BCUT2D eigenvalue weighted by atomic mass is 10.1. The molecule has 0 unspecified atom stereocenters. The molecule has 1 aromatic rings. The summed E-state index contributed by atoms with van der Waals surface area (Å²) in [5.74, 6) is 0.348. The summed E-state index contributed by atoms with van der Waals surface area (Å²) < 4.78 is 5.14. The second-order valence-electron chi connectivity index (χ2n) is 2.96. The van der Waals surface area contributed by atoms with Crippen LogP contribution in [0.1, 0.15) is 11.1 Å². The number of aryl methyl sites for hydroxylation is 1. The first-order chi connectivity index (χ1) is 6.63. The van der Waals surface area contributed by atoms with Crippen LogP contribution < -0.4 is 10.5 Å². The Balaban J connectivity index is 2.95. The summed E-state index contributed by atoms with van der Waals surface area (Å²) in [6.45, 7) is 1.96. The number of rotatable bonds is 3. The number of hydrogen-bond acceptors (Lipinski definition) is 2. The van der Waals surface area contributed by atoms with Crippen LogP contribution in [0.4, 0.5) is 0 Å². The molecule has 0 aliphatic carbocycles. The number of nitrogens with two attached hydrogens (primary N) is 1. The molecular formula is C11H13NO2. The Morgan fingerprint density at radius 1 is 1.50 bits per heavy atom. The number of amides is 1. The molecular weight excluding hydrogens is 178 g/mol. The topological polar surface area (TPSA) is 52.3 Å². The third kappa shape index (κ3) is 2.62. The zero-order valence-corrected chi connectivity index (χ0v) is 8.28. The van der Waals surface area contributed by atoms with E-state index >= 15 is 0 Å². The van der Waals surface area contributed by atoms with E-state index in [1.165, 1.54) is 6.08 Å². The van der Waals surface area contributed by atoms with Crippen molar-refractivity contribution in [2.45, 2.75) is 6.92 Å². The number of hydrogen-bond donors (Lipinski definition) is 1. The predicted octanol–water partition coefficient (Wildman–Crippen LogP) is 1.50. The van der Waals surface area contributed by atoms with Gasteiger partial charge in [-0.05, 0) is 30.2 Å². The van der Waals surface area contributed by atoms with Crippen molar-refractivity contribution in [3.05, 3.63) is 35.4 Å². The molecule has 0 heterocycles. The molecule has 0 bridgehead atoms. The normalized spacial score (nSPS) is 10.4. The number of carbonyl (C=O) groups is 1. The van der Waals surface area contributed by atoms with E-state index in [-0.39, 0.29) is 0 Å². The van der Waals surface area contributed by atoms with Crippen LogP contribution in [0, 0.1) is 6.92 Å². The number of primary amides is 1. The van der Waals surface area contributed by atoms with Crippen LogP contribution in [0.25, 0.3) is 6.08 Å². The average Bonchev–Trinajstić information content (AvgIpc) is 2.16. The highest BCUT2D eigenvalue weighted by atomic mass is 16.5. The van der Waals surface area contributed by atoms with Crippen LogP contribution >= 0.6 is 0 Å². The van der Waals surface area contributed by atoms with E-state index in [4.69, 9.17) is 10.5 Å². The number of methoxy groups -OCH3 is 1. The molecule has 0 aliphatic heterocycles. The fraction of sp³-hybridized carbons (Fsp3) is 0.182. The van der Waals surface area contributed by atoms with E-state index in [0.29, 0.717) is 0 Å². The van der Waals surface area contributed by atoms with E-state index < -0.39 is 5.91 Å². The molecule has 74 valence electrons. The summed E-state index contributed by atoms with van der Waals surface area (Å²) in [6.07, 6.45) is 2.98. The van der Waals surface area contributed by atoms with Crippen LogP contribution in [-0.2, 0) is 4.79 Å². The van der Waals surface area contributed by atoms with Crippen LogP contribution in [0.2, 0.25) is 0 Å². The molecule has 1 aromatic carbocycles. The average molecular weight is 191 g/mol. The van der Waals surface area contributed by atoms with Crippen molar-refractivity contribution >= 4 is 12.0 Å². The summed E-state index contributed by atoms with van der Waals surface area (Å²) in [7, 11) is 1.61. The van der Waals surface area contributed by atoms with Crippen molar-refractivity contribution in [3.63, 3.8) is 0 Å². The van der Waals surface area contributed by atoms with Gasteiger partial charge in [-0.1, -0.05) is 12.1 Å². The lowest BCUT2D eigenvalue weighted by Crippen LogP contribution is -2.05. The highest BCUT2D eigenvalue weighted by Gasteiger charge is 1.97. The van der Waals surface area contributed by atoms with Gasteiger partial charge in [-0.25, -0.2) is 0 Å². The van der Waals surface area contributed by atoms with E-state index in [1.54, 1.807) is 13.2 Å². The lowest BCUT2D eigenvalue weighted by molar-refractivity contribution is -0.113. The van der Waals surface area contributed by atoms with Gasteiger partial charge in [0.25, 0.3) is 0 Å². The van der Waals surface area contributed by atoms with Gasteiger partial charge in [-0.3, -0.25) is 4.79 Å². The Bertz CT molecular complexity index is 370. The third-order valence-corrected chi connectivity index (χ3v) is 1.87. The standard InChI is InChI=1S/C11H13NO2/c1-8-3-4-9(5-6-11(12)13)7-10(8)14-2/h3-7H,1-2H3,(H2,12,13)/b6-5+. The summed E-state index contributed by atoms with van der Waals surface area (Å²) in [4.78, 5) is 10.5. The van der Waals surface area contributed by atoms with Gasteiger partial charge in [0, 0.05) is 6.08 Å². The van der Waals surface area contributed by atoms with Gasteiger partial charge in [0.2, 0.25) is 5.91 Å². The number of benzene rings is 1. The highest BCUT2D eigenvalue weighted by molar-refractivity contribution is 5.90. The van der Waals surface area contributed by atoms with E-state index in [9.17, 15) is 4.79 Å². The van der Waals surface area contributed by atoms with Gasteiger partial charge in [-0.2, -0.15) is 0 Å². The Morgan fingerprint density at radius 2 is 2.21 bits per heavy atom. The zero-order valence-electron chi connectivity index (χ0n) is 8.28. The molecule has 0 saturated heterocycles. The molecule has 3 nitrogen and oxygen atoms in total. The molecule has 0 aromatic heterocycles. The Hall–Kier alpha value is -1.77. The second-order valence-corrected chi connectivity index (χ2v) is 2.96. The van der Waals surface area contributed by atoms with Gasteiger partial charge in [0.15, 0.2) is 0 Å². The summed E-state index contributed by atoms with van der Waals surface area (Å²) in [5, 5.41) is 0. The van der Waals surface area contributed by atoms with Crippen molar-refractivity contribution in [1.29, 1.82) is 0 Å². The molecule has 0 spiro atoms. The molecule has 14 heavy (non-hydrogen) atoms. The first kappa shape index (κ1) is 10.3. The lowest BCUT2D eigenvalue weighted by Gasteiger charge is -2.04. The number of carbonyl (C=O) groups excluding carboxylic acids is 1. The minimum Gasteiger partial charge on any atom is -0.496 e. The first-order valence-corrected chi connectivity index (χ1v) is 4.25. The van der Waals surface area contributed by atoms with Gasteiger partial charge >= 0.3 is 0 Å². The van der Waals surface area contributed by atoms with Crippen LogP contribution in [0.5, 0.6) is 5.75 Å². The molecule has 0 fully saturated rings. The maximum absolute atomic E-state index is 10.5. The molecule has 3 heteroatoms. The van der Waals surface area contributed by atoms with Gasteiger partial charge in [0.1, 0.15) is 5.75 Å². The summed E-state index contributed by atoms with van der Waals surface area (Å²) in [6, 6.07) is 5.69. The van der Waals surface area contributed by atoms with Crippen molar-refractivity contribution in [2.24, 2.45) is 5.73 Å². The Morgan fingerprint density at radius 3 is 2.79 bits per heavy atom. The minimum atomic E-state index is -0.454. The maximum Gasteiger partial charge on any atom is 0.241 e. The predicted molar refractivity (Wildman–Crippen MR) is 56.0 cm³/mol. The molecule has 1 rings (SSSR count). The largest absolute Gasteiger partial charge is 0.496 e. The fourth-order valence-electron chi connectivity index (χ4n) is 1.12. The van der Waals surface area contributed by atoms with Crippen molar-refractivity contribution in [1.82, 2.24) is 0 Å². The third-order valence-electron chi connectivity index (χ3n) is 1.87. The van der Waals surface area contributed by atoms with E-state index in [0.717, 1.165) is 16.9 Å². The maximum atomic E-state index is 10.5. The quantitative estimate of drug-likeness (QED) is 0.736. The van der Waals surface area contributed by atoms with Crippen molar-refractivity contribution in [3.8, 4) is 5.75 Å². The molecule has 0 aliphatic rings. The van der Waals surface area contributed by atoms with Crippen LogP contribution in [0.3, 0.4) is 0 Å². The van der Waals surface area contributed by atoms with Crippen molar-refractivity contribution < 1.29 is 9.53 Å². The zero-order chi connectivity index (χ0) is 10.6. The smallest absolute Gasteiger partial charge is 0.241 e. The molecule has 1 amide bonds. The monoisotopic (exact) mass is 191 g/mol. The molecule has 0 saturated carbocycles. The van der Waals surface area contributed by atoms with Gasteiger partial charge < -0.3 is 10.5 Å². The SMILES string of the molecule is COc1cc(/C=C/C(N)=O)ccc1C. The first-order valence-electron chi connectivity index (χ1n) is 4.25. The second kappa shape index (κ2) is 4.46. The van der Waals surface area contributed by atoms with Crippen LogP contribution in [0.15, 0.2) is 24.3 Å². The Labute approximate surface area is 83.2 Å². The fourth-order valence-corrected chi connectivity index (χ4v) is 1.12. The van der Waals surface area contributed by atoms with Crippen molar-refractivity contribution in [2.75, 3.05) is 7.11 Å². The molecule has 2 N–H and O–H groups in total. The van der Waals surface area contributed by atoms with Gasteiger partial charge in [-0.15, -0.1) is 0 Å². The van der Waals surface area contributed by atoms with Gasteiger partial charge in [0.05, 0.1) is 7.11 Å². The molecule has 0 atom stereocenters. The summed E-state index contributed by atoms with van der Waals surface area (Å²) >= 11 is 0. The van der Waals surface area contributed by atoms with E-state index in [2.05, 4.69) is 0 Å². The highest BCUT2D eigenvalue weighted by Crippen LogP contribution is 2.19.